The number of hydrogen-bond donors (Lipinski definition) is 0. The zero-order valence-electron chi connectivity index (χ0n) is 15.3. The van der Waals surface area contributed by atoms with Crippen LogP contribution in [-0.4, -0.2) is 35.9 Å². The summed E-state index contributed by atoms with van der Waals surface area (Å²) in [5.74, 6) is -0.625. The topological polar surface area (TPSA) is 61.8 Å². The zero-order chi connectivity index (χ0) is 18.1. The molecule has 3 saturated heterocycles. The third-order valence-corrected chi connectivity index (χ3v) is 6.74. The molecule has 2 aliphatic carbocycles. The largest absolute Gasteiger partial charge is 0.458 e. The number of ether oxygens (including phenoxy) is 3. The second kappa shape index (κ2) is 5.44. The summed E-state index contributed by atoms with van der Waals surface area (Å²) in [6, 6.07) is 0. The molecule has 0 unspecified atom stereocenters. The summed E-state index contributed by atoms with van der Waals surface area (Å²) in [7, 11) is 0. The zero-order valence-corrected chi connectivity index (χ0v) is 15.3. The molecule has 3 aliphatic heterocycles. The van der Waals surface area contributed by atoms with Gasteiger partial charge in [-0.2, -0.15) is 0 Å². The van der Waals surface area contributed by atoms with E-state index >= 15 is 0 Å². The summed E-state index contributed by atoms with van der Waals surface area (Å²) in [5, 5.41) is 0. The normalized spacial score (nSPS) is 43.0. The highest BCUT2D eigenvalue weighted by molar-refractivity contribution is 5.91. The highest BCUT2D eigenvalue weighted by atomic mass is 16.6. The number of rotatable bonds is 3. The van der Waals surface area contributed by atoms with Gasteiger partial charge in [0.15, 0.2) is 6.10 Å². The summed E-state index contributed by atoms with van der Waals surface area (Å²) in [6.45, 7) is 11.9. The fourth-order valence-electron chi connectivity index (χ4n) is 4.98. The maximum absolute atomic E-state index is 12.3. The van der Waals surface area contributed by atoms with Gasteiger partial charge in [0.25, 0.3) is 0 Å². The SMILES string of the molecule is C=C1C(=O)O[C@@H]2[C@H]1CCC(C)=C1[C@@H]3O[C@@](C)([C@H]3OC(=O)[C@@H](C)CC)[C@@H]12. The Bertz CT molecular complexity index is 692. The molecule has 1 saturated carbocycles. The molecule has 5 heteroatoms. The number of carbonyl (C=O) groups excluding carboxylic acids is 2. The van der Waals surface area contributed by atoms with Gasteiger partial charge >= 0.3 is 11.9 Å². The summed E-state index contributed by atoms with van der Waals surface area (Å²) in [6.07, 6.45) is 1.77. The van der Waals surface area contributed by atoms with Gasteiger partial charge in [0, 0.05) is 11.5 Å². The third-order valence-electron chi connectivity index (χ3n) is 6.74. The quantitative estimate of drug-likeness (QED) is 0.447. The van der Waals surface area contributed by atoms with E-state index in [1.807, 2.05) is 20.8 Å². The molecular weight excluding hydrogens is 320 g/mol. The summed E-state index contributed by atoms with van der Waals surface area (Å²) >= 11 is 0. The number of carbonyl (C=O) groups is 2. The van der Waals surface area contributed by atoms with E-state index in [1.54, 1.807) is 0 Å². The van der Waals surface area contributed by atoms with Crippen molar-refractivity contribution in [2.45, 2.75) is 70.9 Å². The molecule has 0 N–H and O–H groups in total. The van der Waals surface area contributed by atoms with E-state index in [2.05, 4.69) is 13.5 Å². The molecular formula is C20H26O5. The Hall–Kier alpha value is -1.62. The molecule has 3 heterocycles. The number of fused-ring (bicyclic) bond motifs is 1. The first-order chi connectivity index (χ1) is 11.8. The van der Waals surface area contributed by atoms with Gasteiger partial charge in [0.05, 0.1) is 11.8 Å². The molecule has 7 atom stereocenters. The van der Waals surface area contributed by atoms with Crippen LogP contribution in [0.25, 0.3) is 0 Å². The smallest absolute Gasteiger partial charge is 0.334 e. The molecule has 0 amide bonds. The van der Waals surface area contributed by atoms with Crippen molar-refractivity contribution in [3.05, 3.63) is 23.3 Å². The molecule has 25 heavy (non-hydrogen) atoms. The van der Waals surface area contributed by atoms with Gasteiger partial charge in [-0.25, -0.2) is 4.79 Å². The van der Waals surface area contributed by atoms with Crippen molar-refractivity contribution in [1.82, 2.24) is 0 Å². The molecule has 0 radical (unpaired) electrons. The molecule has 136 valence electrons. The molecule has 4 fully saturated rings. The lowest BCUT2D eigenvalue weighted by atomic mass is 9.78. The van der Waals surface area contributed by atoms with Crippen molar-refractivity contribution in [2.24, 2.45) is 17.8 Å². The van der Waals surface area contributed by atoms with Gasteiger partial charge in [-0.3, -0.25) is 4.79 Å². The highest BCUT2D eigenvalue weighted by Gasteiger charge is 2.73. The molecule has 2 bridgehead atoms. The van der Waals surface area contributed by atoms with Crippen LogP contribution >= 0.6 is 0 Å². The van der Waals surface area contributed by atoms with Crippen molar-refractivity contribution < 1.29 is 23.8 Å². The van der Waals surface area contributed by atoms with Crippen molar-refractivity contribution >= 4 is 11.9 Å². The Morgan fingerprint density at radius 3 is 2.88 bits per heavy atom. The average molecular weight is 346 g/mol. The van der Waals surface area contributed by atoms with Gasteiger partial charge in [-0.1, -0.05) is 26.0 Å². The van der Waals surface area contributed by atoms with E-state index in [9.17, 15) is 9.59 Å². The fourth-order valence-corrected chi connectivity index (χ4v) is 4.98. The van der Waals surface area contributed by atoms with E-state index in [-0.39, 0.29) is 48.0 Å². The lowest BCUT2D eigenvalue weighted by Gasteiger charge is -2.46. The van der Waals surface area contributed by atoms with E-state index in [0.717, 1.165) is 19.3 Å². The minimum Gasteiger partial charge on any atom is -0.458 e. The summed E-state index contributed by atoms with van der Waals surface area (Å²) < 4.78 is 17.7. The minimum atomic E-state index is -0.622. The van der Waals surface area contributed by atoms with Crippen LogP contribution in [-0.2, 0) is 23.8 Å². The lowest BCUT2D eigenvalue weighted by molar-refractivity contribution is -0.262. The monoisotopic (exact) mass is 346 g/mol. The van der Waals surface area contributed by atoms with Gasteiger partial charge in [-0.05, 0) is 38.7 Å². The van der Waals surface area contributed by atoms with Crippen LogP contribution < -0.4 is 0 Å². The number of esters is 2. The van der Waals surface area contributed by atoms with Gasteiger partial charge in [0.1, 0.15) is 17.8 Å². The Morgan fingerprint density at radius 2 is 2.20 bits per heavy atom. The molecule has 5 nitrogen and oxygen atoms in total. The standard InChI is InChI=1S/C20H26O5/c1-6-9(2)18(21)24-17-16-13-10(3)7-8-12-11(4)19(22)23-15(12)14(13)20(17,5)25-16/h9,12,14-17H,4,6-8H2,1-3,5H3/t9-,12-,14-,15+,16-,17-,20+/m0/s1. The van der Waals surface area contributed by atoms with Crippen LogP contribution in [0.4, 0.5) is 0 Å². The fraction of sp³-hybridized carbons (Fsp3) is 0.700. The lowest BCUT2D eigenvalue weighted by Crippen LogP contribution is -2.61. The van der Waals surface area contributed by atoms with Gasteiger partial charge in [-0.15, -0.1) is 0 Å². The van der Waals surface area contributed by atoms with Gasteiger partial charge < -0.3 is 14.2 Å². The first-order valence-electron chi connectivity index (χ1n) is 9.27. The van der Waals surface area contributed by atoms with Crippen LogP contribution in [0.1, 0.15) is 47.0 Å². The maximum Gasteiger partial charge on any atom is 0.334 e. The molecule has 0 spiro atoms. The van der Waals surface area contributed by atoms with Crippen molar-refractivity contribution in [3.63, 3.8) is 0 Å². The minimum absolute atomic E-state index is 0.0237. The molecule has 5 aliphatic rings. The molecule has 0 aromatic heterocycles. The van der Waals surface area contributed by atoms with Crippen LogP contribution in [0.15, 0.2) is 23.3 Å². The maximum atomic E-state index is 12.3. The Labute approximate surface area is 148 Å². The van der Waals surface area contributed by atoms with E-state index in [0.29, 0.717) is 5.57 Å². The van der Waals surface area contributed by atoms with Crippen LogP contribution in [0.5, 0.6) is 0 Å². The Morgan fingerprint density at radius 1 is 1.48 bits per heavy atom. The second-order valence-corrected chi connectivity index (χ2v) is 8.14. The van der Waals surface area contributed by atoms with Crippen molar-refractivity contribution in [2.75, 3.05) is 0 Å². The third kappa shape index (κ3) is 2.11. The Kier molecular flexibility index (Phi) is 3.66. The molecule has 0 aromatic carbocycles. The summed E-state index contributed by atoms with van der Waals surface area (Å²) in [5.41, 5.74) is 2.40. The summed E-state index contributed by atoms with van der Waals surface area (Å²) in [4.78, 5) is 24.4. The Balaban J connectivity index is 1.68. The highest BCUT2D eigenvalue weighted by Crippen LogP contribution is 2.62. The number of allylic oxidation sites excluding steroid dienone is 1. The van der Waals surface area contributed by atoms with Crippen molar-refractivity contribution in [3.8, 4) is 0 Å². The van der Waals surface area contributed by atoms with Crippen molar-refractivity contribution in [1.29, 1.82) is 0 Å². The first-order valence-corrected chi connectivity index (χ1v) is 9.27. The van der Waals surface area contributed by atoms with E-state index in [4.69, 9.17) is 14.2 Å². The van der Waals surface area contributed by atoms with Crippen LogP contribution in [0.3, 0.4) is 0 Å². The molecule has 5 rings (SSSR count). The van der Waals surface area contributed by atoms with E-state index in [1.165, 1.54) is 11.1 Å². The predicted molar refractivity (Wildman–Crippen MR) is 90.5 cm³/mol. The first kappa shape index (κ1) is 16.8. The van der Waals surface area contributed by atoms with Crippen LogP contribution in [0.2, 0.25) is 0 Å². The van der Waals surface area contributed by atoms with Gasteiger partial charge in [0.2, 0.25) is 0 Å². The van der Waals surface area contributed by atoms with E-state index < -0.39 is 5.60 Å². The predicted octanol–water partition coefficient (Wildman–Crippen LogP) is 2.94. The number of hydrogen-bond acceptors (Lipinski definition) is 5. The second-order valence-electron chi connectivity index (χ2n) is 8.14. The van der Waals surface area contributed by atoms with Crippen LogP contribution in [0, 0.1) is 17.8 Å². The average Bonchev–Trinajstić information content (AvgIpc) is 3.09. The molecule has 0 aromatic rings.